The van der Waals surface area contributed by atoms with E-state index in [0.29, 0.717) is 5.69 Å². The number of carbonyl (C=O) groups is 2. The first-order chi connectivity index (χ1) is 9.51. The van der Waals surface area contributed by atoms with E-state index in [-0.39, 0.29) is 29.8 Å². The van der Waals surface area contributed by atoms with Crippen molar-refractivity contribution in [3.8, 4) is 0 Å². The lowest BCUT2D eigenvalue weighted by molar-refractivity contribution is -0.126. The van der Waals surface area contributed by atoms with Gasteiger partial charge in [0.2, 0.25) is 11.8 Å². The van der Waals surface area contributed by atoms with E-state index in [1.165, 1.54) is 4.90 Å². The fraction of sp³-hybridized carbons (Fsp3) is 0.375. The fourth-order valence-electron chi connectivity index (χ4n) is 3.67. The molecule has 102 valence electrons. The van der Waals surface area contributed by atoms with Crippen LogP contribution < -0.4 is 4.90 Å². The van der Waals surface area contributed by atoms with Gasteiger partial charge in [-0.25, -0.2) is 4.90 Å². The van der Waals surface area contributed by atoms with Crippen LogP contribution in [0.3, 0.4) is 0 Å². The minimum Gasteiger partial charge on any atom is -0.362 e. The van der Waals surface area contributed by atoms with Gasteiger partial charge in [-0.3, -0.25) is 9.59 Å². The van der Waals surface area contributed by atoms with Crippen molar-refractivity contribution in [3.05, 3.63) is 42.0 Å². The first-order valence-corrected chi connectivity index (χ1v) is 6.83. The highest BCUT2D eigenvalue weighted by molar-refractivity contribution is 6.23. The monoisotopic (exact) mass is 269 g/mol. The number of ether oxygens (including phenoxy) is 1. The SMILES string of the molecule is Cc1cccc(N2C(=O)[C@H]3[C@@H](C2=O)[C@]2(C)C=C[C@H]3O2)c1. The van der Waals surface area contributed by atoms with Gasteiger partial charge in [0, 0.05) is 0 Å². The molecule has 2 saturated heterocycles. The van der Waals surface area contributed by atoms with Gasteiger partial charge in [-0.1, -0.05) is 24.3 Å². The highest BCUT2D eigenvalue weighted by Crippen LogP contribution is 2.52. The Morgan fingerprint density at radius 3 is 2.75 bits per heavy atom. The van der Waals surface area contributed by atoms with Gasteiger partial charge < -0.3 is 4.74 Å². The molecule has 0 spiro atoms. The summed E-state index contributed by atoms with van der Waals surface area (Å²) in [6, 6.07) is 7.49. The van der Waals surface area contributed by atoms with E-state index in [1.807, 2.05) is 50.3 Å². The maximum Gasteiger partial charge on any atom is 0.241 e. The normalized spacial score (nSPS) is 37.9. The zero-order valence-electron chi connectivity index (χ0n) is 11.4. The molecule has 1 aromatic carbocycles. The fourth-order valence-corrected chi connectivity index (χ4v) is 3.67. The van der Waals surface area contributed by atoms with Crippen LogP contribution in [0.5, 0.6) is 0 Å². The first-order valence-electron chi connectivity index (χ1n) is 6.83. The standard InChI is InChI=1S/C16H15NO3/c1-9-4-3-5-10(8-9)17-14(18)12-11-6-7-16(2,20-11)13(12)15(17)19/h3-8,11-13H,1-2H3/t11-,12-,13+,16+/m1/s1. The summed E-state index contributed by atoms with van der Waals surface area (Å²) in [6.45, 7) is 3.84. The van der Waals surface area contributed by atoms with Crippen molar-refractivity contribution in [2.24, 2.45) is 11.8 Å². The molecular weight excluding hydrogens is 254 g/mol. The van der Waals surface area contributed by atoms with E-state index in [4.69, 9.17) is 4.74 Å². The minimum atomic E-state index is -0.624. The second-order valence-electron chi connectivity index (χ2n) is 5.98. The van der Waals surface area contributed by atoms with Crippen molar-refractivity contribution in [3.63, 3.8) is 0 Å². The van der Waals surface area contributed by atoms with Crippen molar-refractivity contribution in [2.75, 3.05) is 4.90 Å². The number of hydrogen-bond donors (Lipinski definition) is 0. The number of rotatable bonds is 1. The van der Waals surface area contributed by atoms with Gasteiger partial charge in [0.25, 0.3) is 0 Å². The van der Waals surface area contributed by atoms with Crippen molar-refractivity contribution >= 4 is 17.5 Å². The van der Waals surface area contributed by atoms with Gasteiger partial charge >= 0.3 is 0 Å². The number of fused-ring (bicyclic) bond motifs is 5. The van der Waals surface area contributed by atoms with Gasteiger partial charge in [-0.05, 0) is 31.5 Å². The van der Waals surface area contributed by atoms with Gasteiger partial charge in [-0.2, -0.15) is 0 Å². The number of benzene rings is 1. The predicted octanol–water partition coefficient (Wildman–Crippen LogP) is 1.83. The number of anilines is 1. The van der Waals surface area contributed by atoms with E-state index in [9.17, 15) is 9.59 Å². The van der Waals surface area contributed by atoms with E-state index in [0.717, 1.165) is 5.56 Å². The summed E-state index contributed by atoms with van der Waals surface area (Å²) >= 11 is 0. The minimum absolute atomic E-state index is 0.135. The highest BCUT2D eigenvalue weighted by Gasteiger charge is 2.65. The summed E-state index contributed by atoms with van der Waals surface area (Å²) in [4.78, 5) is 26.7. The number of imide groups is 1. The summed E-state index contributed by atoms with van der Waals surface area (Å²) < 4.78 is 5.80. The molecule has 3 aliphatic heterocycles. The van der Waals surface area contributed by atoms with E-state index >= 15 is 0 Å². The zero-order chi connectivity index (χ0) is 14.1. The van der Waals surface area contributed by atoms with Crippen LogP contribution in [0, 0.1) is 18.8 Å². The molecule has 3 aliphatic rings. The summed E-state index contributed by atoms with van der Waals surface area (Å²) in [5.41, 5.74) is 1.07. The first kappa shape index (κ1) is 11.9. The van der Waals surface area contributed by atoms with Gasteiger partial charge in [0.1, 0.15) is 0 Å². The molecule has 0 aliphatic carbocycles. The maximum absolute atomic E-state index is 12.7. The van der Waals surface area contributed by atoms with Gasteiger partial charge in [0.05, 0.1) is 29.2 Å². The molecule has 20 heavy (non-hydrogen) atoms. The Labute approximate surface area is 117 Å². The Balaban J connectivity index is 1.79. The van der Waals surface area contributed by atoms with Crippen LogP contribution in [-0.2, 0) is 14.3 Å². The van der Waals surface area contributed by atoms with Crippen molar-refractivity contribution in [1.82, 2.24) is 0 Å². The molecule has 4 nitrogen and oxygen atoms in total. The zero-order valence-corrected chi connectivity index (χ0v) is 11.4. The predicted molar refractivity (Wildman–Crippen MR) is 73.1 cm³/mol. The van der Waals surface area contributed by atoms with Gasteiger partial charge in [-0.15, -0.1) is 0 Å². The van der Waals surface area contributed by atoms with Crippen LogP contribution in [0.4, 0.5) is 5.69 Å². The highest BCUT2D eigenvalue weighted by atomic mass is 16.5. The molecule has 1 aromatic rings. The average Bonchev–Trinajstić information content (AvgIpc) is 2.99. The molecule has 2 bridgehead atoms. The topological polar surface area (TPSA) is 46.6 Å². The number of hydrogen-bond acceptors (Lipinski definition) is 3. The van der Waals surface area contributed by atoms with Crippen molar-refractivity contribution < 1.29 is 14.3 Å². The van der Waals surface area contributed by atoms with Crippen LogP contribution in [-0.4, -0.2) is 23.5 Å². The Morgan fingerprint density at radius 1 is 1.25 bits per heavy atom. The van der Waals surface area contributed by atoms with Crippen molar-refractivity contribution in [2.45, 2.75) is 25.6 Å². The molecular formula is C16H15NO3. The van der Waals surface area contributed by atoms with Crippen LogP contribution in [0.1, 0.15) is 12.5 Å². The summed E-state index contributed by atoms with van der Waals surface area (Å²) in [5.74, 6) is -1.02. The molecule has 2 fully saturated rings. The molecule has 2 amide bonds. The Hall–Kier alpha value is -1.94. The summed E-state index contributed by atoms with van der Waals surface area (Å²) in [7, 11) is 0. The third-order valence-corrected chi connectivity index (χ3v) is 4.59. The molecule has 0 unspecified atom stereocenters. The summed E-state index contributed by atoms with van der Waals surface area (Å²) in [6.07, 6.45) is 3.58. The third-order valence-electron chi connectivity index (χ3n) is 4.59. The van der Waals surface area contributed by atoms with Crippen LogP contribution in [0.2, 0.25) is 0 Å². The van der Waals surface area contributed by atoms with Gasteiger partial charge in [0.15, 0.2) is 0 Å². The average molecular weight is 269 g/mol. The summed E-state index contributed by atoms with van der Waals surface area (Å²) in [5, 5.41) is 0. The molecule has 4 heteroatoms. The van der Waals surface area contributed by atoms with E-state index in [1.54, 1.807) is 0 Å². The molecule has 0 N–H and O–H groups in total. The number of carbonyl (C=O) groups excluding carboxylic acids is 2. The lowest BCUT2D eigenvalue weighted by atomic mass is 9.78. The largest absolute Gasteiger partial charge is 0.362 e. The molecule has 0 radical (unpaired) electrons. The Bertz CT molecular complexity index is 665. The maximum atomic E-state index is 12.7. The number of nitrogens with zero attached hydrogens (tertiary/aromatic N) is 1. The molecule has 3 heterocycles. The smallest absolute Gasteiger partial charge is 0.241 e. The Morgan fingerprint density at radius 2 is 2.05 bits per heavy atom. The number of aryl methyl sites for hydroxylation is 1. The molecule has 4 atom stereocenters. The van der Waals surface area contributed by atoms with E-state index in [2.05, 4.69) is 0 Å². The second-order valence-corrected chi connectivity index (χ2v) is 5.98. The van der Waals surface area contributed by atoms with E-state index < -0.39 is 5.60 Å². The van der Waals surface area contributed by atoms with Crippen LogP contribution in [0.15, 0.2) is 36.4 Å². The quantitative estimate of drug-likeness (QED) is 0.577. The Kier molecular flexibility index (Phi) is 2.12. The van der Waals surface area contributed by atoms with Crippen LogP contribution >= 0.6 is 0 Å². The lowest BCUT2D eigenvalue weighted by Gasteiger charge is -2.24. The van der Waals surface area contributed by atoms with Crippen molar-refractivity contribution in [1.29, 1.82) is 0 Å². The molecule has 0 aromatic heterocycles. The molecule has 4 rings (SSSR count). The molecule has 0 saturated carbocycles. The second kappa shape index (κ2) is 3.58. The van der Waals surface area contributed by atoms with Crippen LogP contribution in [0.25, 0.3) is 0 Å². The number of amides is 2. The third kappa shape index (κ3) is 1.29. The lowest BCUT2D eigenvalue weighted by Crippen LogP contribution is -2.38.